The lowest BCUT2D eigenvalue weighted by Crippen LogP contribution is -2.28. The maximum absolute atomic E-state index is 5.56. The second kappa shape index (κ2) is 6.37. The molecule has 2 atom stereocenters. The van der Waals surface area contributed by atoms with E-state index in [-0.39, 0.29) is 0 Å². The average molecular weight is 267 g/mol. The van der Waals surface area contributed by atoms with Gasteiger partial charge in [0.1, 0.15) is 13.2 Å². The summed E-state index contributed by atoms with van der Waals surface area (Å²) >= 11 is 0. The first kappa shape index (κ1) is 14.3. The first-order valence-electron chi connectivity index (χ1n) is 7.16. The number of rotatable bonds is 6. The highest BCUT2D eigenvalue weighted by Gasteiger charge is 2.23. The molecule has 0 aliphatic carbocycles. The van der Waals surface area contributed by atoms with Crippen LogP contribution in [0.15, 0.2) is 9.98 Å². The van der Waals surface area contributed by atoms with Gasteiger partial charge in [0.25, 0.3) is 0 Å². The molecule has 0 aromatic rings. The normalized spacial score (nSPS) is 26.4. The highest BCUT2D eigenvalue weighted by atomic mass is 16.5. The van der Waals surface area contributed by atoms with Gasteiger partial charge in [0.05, 0.1) is 25.2 Å². The molecule has 0 amide bonds. The van der Waals surface area contributed by atoms with E-state index < -0.39 is 0 Å². The first-order valence-corrected chi connectivity index (χ1v) is 7.16. The molecule has 0 saturated heterocycles. The van der Waals surface area contributed by atoms with E-state index in [9.17, 15) is 0 Å². The molecule has 0 spiro atoms. The molecule has 5 heteroatoms. The van der Waals surface area contributed by atoms with E-state index >= 15 is 0 Å². The standard InChI is InChI=1S/C14H25N3O2/c1-9(2)11-7-18-13(16-11)5-15-6-14-17-12(8-19-14)10(3)4/h9-12,15H,5-8H2,1-4H3/t11-,12-/m1/s1. The van der Waals surface area contributed by atoms with E-state index in [0.29, 0.717) is 50.2 Å². The van der Waals surface area contributed by atoms with Crippen LogP contribution in [-0.4, -0.2) is 50.2 Å². The van der Waals surface area contributed by atoms with Gasteiger partial charge in [0.15, 0.2) is 11.8 Å². The quantitative estimate of drug-likeness (QED) is 0.793. The smallest absolute Gasteiger partial charge is 0.198 e. The van der Waals surface area contributed by atoms with E-state index in [0.717, 1.165) is 11.8 Å². The third-order valence-electron chi connectivity index (χ3n) is 3.55. The minimum absolute atomic E-state index is 0.308. The van der Waals surface area contributed by atoms with Crippen molar-refractivity contribution in [2.45, 2.75) is 39.8 Å². The topological polar surface area (TPSA) is 55.2 Å². The Morgan fingerprint density at radius 2 is 1.37 bits per heavy atom. The highest BCUT2D eigenvalue weighted by Crippen LogP contribution is 2.14. The largest absolute Gasteiger partial charge is 0.478 e. The Bertz CT molecular complexity index is 330. The van der Waals surface area contributed by atoms with Crippen molar-refractivity contribution in [2.24, 2.45) is 21.8 Å². The summed E-state index contributed by atoms with van der Waals surface area (Å²) < 4.78 is 11.1. The van der Waals surface area contributed by atoms with Crippen LogP contribution >= 0.6 is 0 Å². The summed E-state index contributed by atoms with van der Waals surface area (Å²) in [6.07, 6.45) is 0. The maximum atomic E-state index is 5.56. The molecular formula is C14H25N3O2. The van der Waals surface area contributed by atoms with Crippen molar-refractivity contribution in [3.8, 4) is 0 Å². The van der Waals surface area contributed by atoms with Gasteiger partial charge < -0.3 is 14.8 Å². The van der Waals surface area contributed by atoms with Crippen LogP contribution < -0.4 is 5.32 Å². The maximum Gasteiger partial charge on any atom is 0.198 e. The Morgan fingerprint density at radius 3 is 1.68 bits per heavy atom. The van der Waals surface area contributed by atoms with Crippen LogP contribution in [0.4, 0.5) is 0 Å². The third-order valence-corrected chi connectivity index (χ3v) is 3.55. The summed E-state index contributed by atoms with van der Waals surface area (Å²) in [6.45, 7) is 11.4. The summed E-state index contributed by atoms with van der Waals surface area (Å²) in [5, 5.41) is 3.28. The van der Waals surface area contributed by atoms with E-state index in [4.69, 9.17) is 9.47 Å². The molecule has 1 N–H and O–H groups in total. The van der Waals surface area contributed by atoms with Crippen molar-refractivity contribution >= 4 is 11.8 Å². The average Bonchev–Trinajstić information content (AvgIpc) is 2.97. The second-order valence-electron chi connectivity index (χ2n) is 5.89. The molecule has 108 valence electrons. The summed E-state index contributed by atoms with van der Waals surface area (Å²) in [6, 6.07) is 0.615. The van der Waals surface area contributed by atoms with Crippen molar-refractivity contribution in [3.63, 3.8) is 0 Å². The summed E-state index contributed by atoms with van der Waals surface area (Å²) in [4.78, 5) is 9.09. The molecule has 0 aromatic carbocycles. The summed E-state index contributed by atoms with van der Waals surface area (Å²) in [5.74, 6) is 2.68. The van der Waals surface area contributed by atoms with Gasteiger partial charge in [0.2, 0.25) is 0 Å². The molecule has 0 saturated carbocycles. The number of hydrogen-bond acceptors (Lipinski definition) is 5. The number of nitrogens with one attached hydrogen (secondary N) is 1. The minimum Gasteiger partial charge on any atom is -0.478 e. The van der Waals surface area contributed by atoms with Crippen LogP contribution in [0, 0.1) is 11.8 Å². The SMILES string of the molecule is CC(C)[C@H]1COC(CNCC2=N[C@@H](C(C)C)CO2)=N1. The zero-order valence-corrected chi connectivity index (χ0v) is 12.3. The lowest BCUT2D eigenvalue weighted by molar-refractivity contribution is 0.283. The van der Waals surface area contributed by atoms with Crippen molar-refractivity contribution < 1.29 is 9.47 Å². The molecule has 19 heavy (non-hydrogen) atoms. The van der Waals surface area contributed by atoms with Crippen LogP contribution in [0.1, 0.15) is 27.7 Å². The predicted molar refractivity (Wildman–Crippen MR) is 76.9 cm³/mol. The van der Waals surface area contributed by atoms with Crippen molar-refractivity contribution in [1.29, 1.82) is 0 Å². The van der Waals surface area contributed by atoms with Crippen molar-refractivity contribution in [2.75, 3.05) is 26.3 Å². The Kier molecular flexibility index (Phi) is 4.80. The molecule has 0 aromatic heterocycles. The molecule has 2 heterocycles. The van der Waals surface area contributed by atoms with E-state index in [1.807, 2.05) is 0 Å². The minimum atomic E-state index is 0.308. The highest BCUT2D eigenvalue weighted by molar-refractivity contribution is 5.82. The number of nitrogens with zero attached hydrogens (tertiary/aromatic N) is 2. The van der Waals surface area contributed by atoms with Gasteiger partial charge >= 0.3 is 0 Å². The molecule has 0 unspecified atom stereocenters. The molecule has 2 aliphatic rings. The molecule has 5 nitrogen and oxygen atoms in total. The van der Waals surface area contributed by atoms with E-state index in [1.54, 1.807) is 0 Å². The second-order valence-corrected chi connectivity index (χ2v) is 5.89. The van der Waals surface area contributed by atoms with Gasteiger partial charge in [-0.25, -0.2) is 9.98 Å². The number of aliphatic imine (C=N–C) groups is 2. The van der Waals surface area contributed by atoms with E-state index in [1.165, 1.54) is 0 Å². The number of ether oxygens (including phenoxy) is 2. The lowest BCUT2D eigenvalue weighted by atomic mass is 10.1. The van der Waals surface area contributed by atoms with Gasteiger partial charge in [0, 0.05) is 0 Å². The number of hydrogen-bond donors (Lipinski definition) is 1. The molecule has 2 rings (SSSR count). The van der Waals surface area contributed by atoms with Crippen LogP contribution in [0.5, 0.6) is 0 Å². The monoisotopic (exact) mass is 267 g/mol. The van der Waals surface area contributed by atoms with Crippen molar-refractivity contribution in [3.05, 3.63) is 0 Å². The van der Waals surface area contributed by atoms with Crippen molar-refractivity contribution in [1.82, 2.24) is 5.32 Å². The summed E-state index contributed by atoms with van der Waals surface area (Å²) in [5.41, 5.74) is 0. The van der Waals surface area contributed by atoms with Crippen LogP contribution in [0.2, 0.25) is 0 Å². The first-order chi connectivity index (χ1) is 9.06. The lowest BCUT2D eigenvalue weighted by Gasteiger charge is -2.06. The van der Waals surface area contributed by atoms with Gasteiger partial charge in [-0.15, -0.1) is 0 Å². The molecular weight excluding hydrogens is 242 g/mol. The zero-order chi connectivity index (χ0) is 13.8. The Morgan fingerprint density at radius 1 is 0.947 bits per heavy atom. The zero-order valence-electron chi connectivity index (χ0n) is 12.3. The Balaban J connectivity index is 1.70. The Labute approximate surface area is 115 Å². The van der Waals surface area contributed by atoms with Gasteiger partial charge in [-0.3, -0.25) is 0 Å². The fraction of sp³-hybridized carbons (Fsp3) is 0.857. The van der Waals surface area contributed by atoms with E-state index in [2.05, 4.69) is 43.0 Å². The fourth-order valence-electron chi connectivity index (χ4n) is 2.03. The molecule has 0 bridgehead atoms. The predicted octanol–water partition coefficient (Wildman–Crippen LogP) is 1.48. The Hall–Kier alpha value is -1.10. The van der Waals surface area contributed by atoms with Gasteiger partial charge in [-0.1, -0.05) is 27.7 Å². The van der Waals surface area contributed by atoms with Gasteiger partial charge in [-0.05, 0) is 11.8 Å². The third kappa shape index (κ3) is 3.93. The molecule has 0 fully saturated rings. The van der Waals surface area contributed by atoms with Crippen LogP contribution in [-0.2, 0) is 9.47 Å². The fourth-order valence-corrected chi connectivity index (χ4v) is 2.03. The van der Waals surface area contributed by atoms with Gasteiger partial charge in [-0.2, -0.15) is 0 Å². The van der Waals surface area contributed by atoms with Crippen LogP contribution in [0.3, 0.4) is 0 Å². The van der Waals surface area contributed by atoms with Crippen LogP contribution in [0.25, 0.3) is 0 Å². The molecule has 0 radical (unpaired) electrons. The summed E-state index contributed by atoms with van der Waals surface area (Å²) in [7, 11) is 0. The molecule has 2 aliphatic heterocycles.